The van der Waals surface area contributed by atoms with Crippen molar-refractivity contribution in [3.63, 3.8) is 0 Å². The maximum Gasteiger partial charge on any atom is 0.264 e. The van der Waals surface area contributed by atoms with Gasteiger partial charge in [-0.05, 0) is 50.1 Å². The Morgan fingerprint density at radius 3 is 2.11 bits per heavy atom. The second-order valence-corrected chi connectivity index (χ2v) is 11.5. The molecule has 202 valence electrons. The van der Waals surface area contributed by atoms with Crippen molar-refractivity contribution in [1.82, 2.24) is 10.2 Å². The van der Waals surface area contributed by atoms with Crippen LogP contribution in [-0.4, -0.2) is 44.3 Å². The summed E-state index contributed by atoms with van der Waals surface area (Å²) in [5.41, 5.74) is 1.41. The molecule has 0 bridgehead atoms. The van der Waals surface area contributed by atoms with Gasteiger partial charge >= 0.3 is 0 Å². The van der Waals surface area contributed by atoms with Gasteiger partial charge in [-0.2, -0.15) is 0 Å². The van der Waals surface area contributed by atoms with Gasteiger partial charge in [-0.15, -0.1) is 0 Å². The Balaban J connectivity index is 1.99. The Labute approximate surface area is 224 Å². The average Bonchev–Trinajstić information content (AvgIpc) is 2.90. The molecule has 0 aliphatic heterocycles. The van der Waals surface area contributed by atoms with Gasteiger partial charge in [0, 0.05) is 18.7 Å². The fourth-order valence-corrected chi connectivity index (χ4v) is 5.22. The minimum absolute atomic E-state index is 0.0307. The molecule has 0 fully saturated rings. The molecule has 1 atom stereocenters. The van der Waals surface area contributed by atoms with Crippen LogP contribution in [0.15, 0.2) is 83.8 Å². The van der Waals surface area contributed by atoms with E-state index in [1.807, 2.05) is 20.8 Å². The molecular formula is C29H34FN3O4S. The molecule has 0 spiro atoms. The zero-order valence-corrected chi connectivity index (χ0v) is 22.9. The quantitative estimate of drug-likeness (QED) is 0.388. The van der Waals surface area contributed by atoms with E-state index in [0.29, 0.717) is 12.2 Å². The number of sulfonamides is 1. The lowest BCUT2D eigenvalue weighted by Crippen LogP contribution is -2.51. The van der Waals surface area contributed by atoms with E-state index in [4.69, 9.17) is 0 Å². The molecule has 9 heteroatoms. The molecular weight excluding hydrogens is 505 g/mol. The number of aryl methyl sites for hydroxylation is 1. The van der Waals surface area contributed by atoms with Gasteiger partial charge < -0.3 is 10.2 Å². The van der Waals surface area contributed by atoms with Crippen LogP contribution in [0.25, 0.3) is 0 Å². The zero-order chi connectivity index (χ0) is 27.9. The molecule has 7 nitrogen and oxygen atoms in total. The lowest BCUT2D eigenvalue weighted by Gasteiger charge is -2.32. The molecule has 38 heavy (non-hydrogen) atoms. The summed E-state index contributed by atoms with van der Waals surface area (Å²) in [4.78, 5) is 28.0. The van der Waals surface area contributed by atoms with E-state index in [9.17, 15) is 22.4 Å². The molecule has 0 saturated heterocycles. The summed E-state index contributed by atoms with van der Waals surface area (Å²) >= 11 is 0. The second-order valence-electron chi connectivity index (χ2n) is 9.59. The van der Waals surface area contributed by atoms with E-state index >= 15 is 0 Å². The first-order valence-corrected chi connectivity index (χ1v) is 13.9. The molecule has 0 aromatic heterocycles. The van der Waals surface area contributed by atoms with Crippen LogP contribution in [0, 0.1) is 18.7 Å². The summed E-state index contributed by atoms with van der Waals surface area (Å²) in [5.74, 6) is -1.38. The molecule has 0 aliphatic carbocycles. The highest BCUT2D eigenvalue weighted by atomic mass is 32.2. The maximum atomic E-state index is 14.6. The van der Waals surface area contributed by atoms with E-state index in [2.05, 4.69) is 5.32 Å². The van der Waals surface area contributed by atoms with Crippen molar-refractivity contribution in [2.24, 2.45) is 5.92 Å². The molecule has 2 amide bonds. The van der Waals surface area contributed by atoms with Gasteiger partial charge in [-0.25, -0.2) is 12.8 Å². The summed E-state index contributed by atoms with van der Waals surface area (Å²) in [5, 5.41) is 2.81. The van der Waals surface area contributed by atoms with E-state index in [1.54, 1.807) is 55.5 Å². The molecule has 3 aromatic carbocycles. The highest BCUT2D eigenvalue weighted by Gasteiger charge is 2.32. The SMILES string of the molecule is Cc1ccc(S(=O)(=O)N(CC(=O)N(Cc2ccccc2F)[C@@H](C)C(=O)NCC(C)C)c2ccccc2)cc1. The van der Waals surface area contributed by atoms with Crippen molar-refractivity contribution < 1.29 is 22.4 Å². The largest absolute Gasteiger partial charge is 0.354 e. The van der Waals surface area contributed by atoms with Crippen LogP contribution in [0.4, 0.5) is 10.1 Å². The van der Waals surface area contributed by atoms with Gasteiger partial charge in [0.1, 0.15) is 18.4 Å². The Hall–Kier alpha value is -3.72. The second kappa shape index (κ2) is 12.7. The number of hydrogen-bond acceptors (Lipinski definition) is 4. The zero-order valence-electron chi connectivity index (χ0n) is 22.1. The minimum atomic E-state index is -4.14. The number of amides is 2. The average molecular weight is 540 g/mol. The lowest BCUT2D eigenvalue weighted by molar-refractivity contribution is -0.139. The van der Waals surface area contributed by atoms with Crippen LogP contribution in [-0.2, 0) is 26.2 Å². The van der Waals surface area contributed by atoms with E-state index < -0.39 is 40.2 Å². The summed E-state index contributed by atoms with van der Waals surface area (Å²) in [7, 11) is -4.14. The summed E-state index contributed by atoms with van der Waals surface area (Å²) < 4.78 is 43.0. The van der Waals surface area contributed by atoms with Gasteiger partial charge in [0.05, 0.1) is 10.6 Å². The molecule has 0 saturated carbocycles. The standard InChI is InChI=1S/C29H34FN3O4S/c1-21(2)18-31-29(35)23(4)32(19-24-10-8-9-13-27(24)30)28(34)20-33(25-11-6-5-7-12-25)38(36,37)26-16-14-22(3)15-17-26/h5-17,21,23H,18-20H2,1-4H3,(H,31,35)/t23-/m0/s1. The van der Waals surface area contributed by atoms with Crippen LogP contribution < -0.4 is 9.62 Å². The highest BCUT2D eigenvalue weighted by Crippen LogP contribution is 2.25. The molecule has 0 aliphatic rings. The lowest BCUT2D eigenvalue weighted by atomic mass is 10.1. The summed E-state index contributed by atoms with van der Waals surface area (Å²) in [6.07, 6.45) is 0. The first-order chi connectivity index (χ1) is 18.0. The van der Waals surface area contributed by atoms with Gasteiger partial charge in [-0.1, -0.05) is 67.9 Å². The first-order valence-electron chi connectivity index (χ1n) is 12.5. The smallest absolute Gasteiger partial charge is 0.264 e. The van der Waals surface area contributed by atoms with E-state index in [1.165, 1.54) is 35.2 Å². The number of halogens is 1. The number of anilines is 1. The van der Waals surface area contributed by atoms with Gasteiger partial charge in [0.2, 0.25) is 11.8 Å². The van der Waals surface area contributed by atoms with E-state index in [0.717, 1.165) is 9.87 Å². The van der Waals surface area contributed by atoms with Crippen molar-refractivity contribution in [1.29, 1.82) is 0 Å². The van der Waals surface area contributed by atoms with Crippen LogP contribution in [0.5, 0.6) is 0 Å². The molecule has 0 radical (unpaired) electrons. The molecule has 0 unspecified atom stereocenters. The predicted molar refractivity (Wildman–Crippen MR) is 146 cm³/mol. The first kappa shape index (κ1) is 28.8. The Morgan fingerprint density at radius 1 is 0.895 bits per heavy atom. The third-order valence-corrected chi connectivity index (χ3v) is 7.87. The molecule has 3 aromatic rings. The number of rotatable bonds is 11. The molecule has 1 N–H and O–H groups in total. The normalized spacial score (nSPS) is 12.2. The minimum Gasteiger partial charge on any atom is -0.354 e. The van der Waals surface area contributed by atoms with Gasteiger partial charge in [0.25, 0.3) is 10.0 Å². The van der Waals surface area contributed by atoms with Crippen LogP contribution >= 0.6 is 0 Å². The van der Waals surface area contributed by atoms with Crippen molar-refractivity contribution in [3.8, 4) is 0 Å². The van der Waals surface area contributed by atoms with Crippen molar-refractivity contribution in [2.45, 2.75) is 45.2 Å². The fourth-order valence-electron chi connectivity index (χ4n) is 3.81. The number of nitrogens with zero attached hydrogens (tertiary/aromatic N) is 2. The topological polar surface area (TPSA) is 86.8 Å². The molecule has 3 rings (SSSR count). The van der Waals surface area contributed by atoms with Crippen LogP contribution in [0.2, 0.25) is 0 Å². The number of hydrogen-bond donors (Lipinski definition) is 1. The van der Waals surface area contributed by atoms with Crippen molar-refractivity contribution >= 4 is 27.5 Å². The summed E-state index contributed by atoms with van der Waals surface area (Å²) in [6, 6.07) is 19.7. The van der Waals surface area contributed by atoms with E-state index in [-0.39, 0.29) is 22.9 Å². The number of benzene rings is 3. The van der Waals surface area contributed by atoms with Gasteiger partial charge in [-0.3, -0.25) is 13.9 Å². The number of nitrogens with one attached hydrogen (secondary N) is 1. The van der Waals surface area contributed by atoms with Crippen molar-refractivity contribution in [3.05, 3.63) is 95.8 Å². The highest BCUT2D eigenvalue weighted by molar-refractivity contribution is 7.92. The van der Waals surface area contributed by atoms with Crippen molar-refractivity contribution in [2.75, 3.05) is 17.4 Å². The number of carbonyl (C=O) groups excluding carboxylic acids is 2. The Kier molecular flexibility index (Phi) is 9.63. The number of para-hydroxylation sites is 1. The van der Waals surface area contributed by atoms with Gasteiger partial charge in [0.15, 0.2) is 0 Å². The third kappa shape index (κ3) is 7.19. The summed E-state index contributed by atoms with van der Waals surface area (Å²) in [6.45, 7) is 6.92. The third-order valence-electron chi connectivity index (χ3n) is 6.08. The molecule has 0 heterocycles. The number of carbonyl (C=O) groups is 2. The maximum absolute atomic E-state index is 14.6. The Bertz CT molecular complexity index is 1350. The fraction of sp³-hybridized carbons (Fsp3) is 0.310. The monoisotopic (exact) mass is 539 g/mol. The van der Waals surface area contributed by atoms with Crippen LogP contribution in [0.3, 0.4) is 0 Å². The Morgan fingerprint density at radius 2 is 1.50 bits per heavy atom. The predicted octanol–water partition coefficient (Wildman–Crippen LogP) is 4.52. The van der Waals surface area contributed by atoms with Crippen LogP contribution in [0.1, 0.15) is 31.9 Å².